The number of aliphatic hydroxyl groups excluding tert-OH is 1. The van der Waals surface area contributed by atoms with E-state index in [0.29, 0.717) is 0 Å². The Balaban J connectivity index is 1.90. The molecule has 1 aliphatic rings. The minimum absolute atomic E-state index is 0.153. The predicted octanol–water partition coefficient (Wildman–Crippen LogP) is 1.59. The minimum Gasteiger partial charge on any atom is -0.393 e. The monoisotopic (exact) mass is 229 g/mol. The molecular weight excluding hydrogens is 214 g/mol. The number of benzene rings is 1. The lowest BCUT2D eigenvalue weighted by Gasteiger charge is -2.30. The molecule has 1 aliphatic heterocycles. The number of fused-ring (bicyclic) bond motifs is 1. The van der Waals surface area contributed by atoms with Gasteiger partial charge in [-0.2, -0.15) is 0 Å². The first-order valence-corrected chi connectivity index (χ1v) is 5.98. The zero-order chi connectivity index (χ0) is 11.7. The largest absolute Gasteiger partial charge is 0.393 e. The van der Waals surface area contributed by atoms with Crippen LogP contribution in [0.15, 0.2) is 30.5 Å². The third kappa shape index (κ3) is 2.08. The number of piperidine rings is 1. The molecule has 3 rings (SSSR count). The van der Waals surface area contributed by atoms with Gasteiger partial charge in [0.05, 0.1) is 23.3 Å². The third-order valence-electron chi connectivity index (χ3n) is 3.22. The molecule has 88 valence electrons. The summed E-state index contributed by atoms with van der Waals surface area (Å²) in [5.41, 5.74) is 1.85. The van der Waals surface area contributed by atoms with Crippen LogP contribution in [0, 0.1) is 0 Å². The number of nitrogens with zero attached hydrogens (tertiary/aromatic N) is 3. The van der Waals surface area contributed by atoms with E-state index in [1.54, 1.807) is 0 Å². The lowest BCUT2D eigenvalue weighted by atomic mass is 10.1. The zero-order valence-electron chi connectivity index (χ0n) is 9.58. The summed E-state index contributed by atoms with van der Waals surface area (Å²) in [6, 6.07) is 7.88. The van der Waals surface area contributed by atoms with Gasteiger partial charge in [-0.05, 0) is 25.0 Å². The molecule has 2 aromatic rings. The Labute approximate surface area is 99.9 Å². The molecular formula is C13H15N3O. The maximum atomic E-state index is 9.48. The van der Waals surface area contributed by atoms with Crippen LogP contribution in [-0.2, 0) is 0 Å². The molecule has 0 spiro atoms. The Bertz CT molecular complexity index is 521. The highest BCUT2D eigenvalue weighted by Gasteiger charge is 2.18. The van der Waals surface area contributed by atoms with E-state index in [4.69, 9.17) is 0 Å². The second-order valence-electron chi connectivity index (χ2n) is 4.44. The average molecular weight is 229 g/mol. The standard InChI is InChI=1S/C13H15N3O/c17-10-5-7-16(8-6-10)13-9-14-11-3-1-2-4-12(11)15-13/h1-4,9-10,17H,5-8H2. The fourth-order valence-electron chi connectivity index (χ4n) is 2.19. The molecule has 0 unspecified atom stereocenters. The highest BCUT2D eigenvalue weighted by molar-refractivity contribution is 5.75. The molecule has 2 heterocycles. The second-order valence-corrected chi connectivity index (χ2v) is 4.44. The van der Waals surface area contributed by atoms with Crippen molar-refractivity contribution < 1.29 is 5.11 Å². The number of hydrogen-bond acceptors (Lipinski definition) is 4. The van der Waals surface area contributed by atoms with E-state index in [2.05, 4.69) is 14.9 Å². The van der Waals surface area contributed by atoms with Gasteiger partial charge in [-0.25, -0.2) is 4.98 Å². The molecule has 0 amide bonds. The van der Waals surface area contributed by atoms with Crippen LogP contribution in [0.3, 0.4) is 0 Å². The maximum absolute atomic E-state index is 9.48. The molecule has 0 atom stereocenters. The third-order valence-corrected chi connectivity index (χ3v) is 3.22. The molecule has 1 N–H and O–H groups in total. The molecule has 1 aromatic carbocycles. The number of aliphatic hydroxyl groups is 1. The van der Waals surface area contributed by atoms with Crippen molar-refractivity contribution in [1.82, 2.24) is 9.97 Å². The van der Waals surface area contributed by atoms with Gasteiger partial charge in [-0.1, -0.05) is 12.1 Å². The van der Waals surface area contributed by atoms with Gasteiger partial charge in [-0.3, -0.25) is 4.98 Å². The summed E-state index contributed by atoms with van der Waals surface area (Å²) in [6.07, 6.45) is 3.29. The van der Waals surface area contributed by atoms with Gasteiger partial charge in [0, 0.05) is 13.1 Å². The van der Waals surface area contributed by atoms with Gasteiger partial charge in [0.25, 0.3) is 0 Å². The molecule has 1 fully saturated rings. The van der Waals surface area contributed by atoms with E-state index >= 15 is 0 Å². The van der Waals surface area contributed by atoms with Gasteiger partial charge in [-0.15, -0.1) is 0 Å². The van der Waals surface area contributed by atoms with Crippen molar-refractivity contribution in [3.8, 4) is 0 Å². The molecule has 0 saturated carbocycles. The number of para-hydroxylation sites is 2. The molecule has 4 nitrogen and oxygen atoms in total. The van der Waals surface area contributed by atoms with E-state index in [-0.39, 0.29) is 6.10 Å². The summed E-state index contributed by atoms with van der Waals surface area (Å²) in [4.78, 5) is 11.2. The van der Waals surface area contributed by atoms with Crippen LogP contribution in [0.4, 0.5) is 5.82 Å². The topological polar surface area (TPSA) is 49.2 Å². The molecule has 4 heteroatoms. The molecule has 1 saturated heterocycles. The Morgan fingerprint density at radius 2 is 1.82 bits per heavy atom. The van der Waals surface area contributed by atoms with Crippen molar-refractivity contribution in [2.45, 2.75) is 18.9 Å². The number of rotatable bonds is 1. The summed E-state index contributed by atoms with van der Waals surface area (Å²) >= 11 is 0. The molecule has 0 bridgehead atoms. The zero-order valence-corrected chi connectivity index (χ0v) is 9.58. The fraction of sp³-hybridized carbons (Fsp3) is 0.385. The van der Waals surface area contributed by atoms with E-state index in [9.17, 15) is 5.11 Å². The van der Waals surface area contributed by atoms with Gasteiger partial charge in [0.2, 0.25) is 0 Å². The summed E-state index contributed by atoms with van der Waals surface area (Å²) in [7, 11) is 0. The molecule has 0 aliphatic carbocycles. The minimum atomic E-state index is -0.153. The highest BCUT2D eigenvalue weighted by atomic mass is 16.3. The van der Waals surface area contributed by atoms with Crippen molar-refractivity contribution in [3.05, 3.63) is 30.5 Å². The van der Waals surface area contributed by atoms with Crippen LogP contribution < -0.4 is 4.90 Å². The molecule has 0 radical (unpaired) electrons. The van der Waals surface area contributed by atoms with E-state index in [1.165, 1.54) is 0 Å². The van der Waals surface area contributed by atoms with Gasteiger partial charge < -0.3 is 10.0 Å². The van der Waals surface area contributed by atoms with Crippen LogP contribution in [0.2, 0.25) is 0 Å². The van der Waals surface area contributed by atoms with Crippen molar-refractivity contribution in [3.63, 3.8) is 0 Å². The Morgan fingerprint density at radius 1 is 1.12 bits per heavy atom. The smallest absolute Gasteiger partial charge is 0.147 e. The van der Waals surface area contributed by atoms with Crippen LogP contribution in [0.25, 0.3) is 11.0 Å². The number of anilines is 1. The van der Waals surface area contributed by atoms with E-state index in [0.717, 1.165) is 42.8 Å². The van der Waals surface area contributed by atoms with Gasteiger partial charge in [0.15, 0.2) is 0 Å². The summed E-state index contributed by atoms with van der Waals surface area (Å²) in [5.74, 6) is 0.913. The Morgan fingerprint density at radius 3 is 2.59 bits per heavy atom. The SMILES string of the molecule is OC1CCN(c2cnc3ccccc3n2)CC1. The van der Waals surface area contributed by atoms with Crippen molar-refractivity contribution in [1.29, 1.82) is 0 Å². The van der Waals surface area contributed by atoms with Gasteiger partial charge in [0.1, 0.15) is 5.82 Å². The Hall–Kier alpha value is -1.68. The lowest BCUT2D eigenvalue weighted by molar-refractivity contribution is 0.145. The molecule has 1 aromatic heterocycles. The first kappa shape index (κ1) is 10.5. The molecule has 17 heavy (non-hydrogen) atoms. The van der Waals surface area contributed by atoms with Crippen molar-refractivity contribution in [2.24, 2.45) is 0 Å². The normalized spacial score (nSPS) is 17.6. The number of aromatic nitrogens is 2. The highest BCUT2D eigenvalue weighted by Crippen LogP contribution is 2.19. The predicted molar refractivity (Wildman–Crippen MR) is 67.0 cm³/mol. The number of hydrogen-bond donors (Lipinski definition) is 1. The van der Waals surface area contributed by atoms with Crippen molar-refractivity contribution in [2.75, 3.05) is 18.0 Å². The summed E-state index contributed by atoms with van der Waals surface area (Å²) < 4.78 is 0. The van der Waals surface area contributed by atoms with Crippen LogP contribution in [0.5, 0.6) is 0 Å². The van der Waals surface area contributed by atoms with Crippen molar-refractivity contribution >= 4 is 16.9 Å². The van der Waals surface area contributed by atoms with Gasteiger partial charge >= 0.3 is 0 Å². The maximum Gasteiger partial charge on any atom is 0.147 e. The fourth-order valence-corrected chi connectivity index (χ4v) is 2.19. The quantitative estimate of drug-likeness (QED) is 0.806. The average Bonchev–Trinajstić information content (AvgIpc) is 2.39. The van der Waals surface area contributed by atoms with Crippen LogP contribution >= 0.6 is 0 Å². The van der Waals surface area contributed by atoms with Crippen LogP contribution in [-0.4, -0.2) is 34.3 Å². The summed E-state index contributed by atoms with van der Waals surface area (Å²) in [6.45, 7) is 1.71. The first-order chi connectivity index (χ1) is 8.33. The second kappa shape index (κ2) is 4.30. The van der Waals surface area contributed by atoms with E-state index < -0.39 is 0 Å². The Kier molecular flexibility index (Phi) is 2.65. The van der Waals surface area contributed by atoms with E-state index in [1.807, 2.05) is 30.5 Å². The summed E-state index contributed by atoms with van der Waals surface area (Å²) in [5, 5.41) is 9.48. The lowest BCUT2D eigenvalue weighted by Crippen LogP contribution is -2.36. The first-order valence-electron chi connectivity index (χ1n) is 5.98. The van der Waals surface area contributed by atoms with Crippen LogP contribution in [0.1, 0.15) is 12.8 Å².